The molecule has 2 heterocycles. The van der Waals surface area contributed by atoms with Gasteiger partial charge in [-0.2, -0.15) is 18.2 Å². The molecule has 1 unspecified atom stereocenters. The van der Waals surface area contributed by atoms with E-state index in [1.807, 2.05) is 12.1 Å². The van der Waals surface area contributed by atoms with Crippen molar-refractivity contribution in [3.8, 4) is 11.4 Å². The standard InChI is InChI=1S/C20H15ClF3N3O2/c21-16-6-1-3-12(7-16)10-27-11-14(9-17(27)28)19-25-18(26-29-19)13-4-2-5-15(8-13)20(22,23)24/h1-8,14H,9-11H2. The van der Waals surface area contributed by atoms with Gasteiger partial charge < -0.3 is 9.42 Å². The van der Waals surface area contributed by atoms with E-state index in [1.165, 1.54) is 12.1 Å². The van der Waals surface area contributed by atoms with Crippen molar-refractivity contribution in [2.75, 3.05) is 6.54 Å². The van der Waals surface area contributed by atoms with Crippen LogP contribution in [0.2, 0.25) is 5.02 Å². The summed E-state index contributed by atoms with van der Waals surface area (Å²) in [6, 6.07) is 12.0. The number of hydrogen-bond acceptors (Lipinski definition) is 4. The molecule has 0 N–H and O–H groups in total. The van der Waals surface area contributed by atoms with E-state index in [0.29, 0.717) is 18.1 Å². The van der Waals surface area contributed by atoms with Crippen molar-refractivity contribution in [2.45, 2.75) is 25.1 Å². The molecule has 0 bridgehead atoms. The van der Waals surface area contributed by atoms with Gasteiger partial charge >= 0.3 is 6.18 Å². The van der Waals surface area contributed by atoms with Crippen LogP contribution >= 0.6 is 11.6 Å². The third kappa shape index (κ3) is 4.27. The Morgan fingerprint density at radius 2 is 1.97 bits per heavy atom. The fraction of sp³-hybridized carbons (Fsp3) is 0.250. The molecule has 1 aliphatic rings. The van der Waals surface area contributed by atoms with E-state index in [1.54, 1.807) is 17.0 Å². The molecule has 0 aliphatic carbocycles. The van der Waals surface area contributed by atoms with Crippen LogP contribution in [-0.2, 0) is 17.5 Å². The minimum absolute atomic E-state index is 0.0613. The number of carbonyl (C=O) groups is 1. The van der Waals surface area contributed by atoms with Gasteiger partial charge in [0.1, 0.15) is 0 Å². The van der Waals surface area contributed by atoms with E-state index in [2.05, 4.69) is 10.1 Å². The average molecular weight is 422 g/mol. The van der Waals surface area contributed by atoms with Gasteiger partial charge in [-0.25, -0.2) is 0 Å². The second kappa shape index (κ2) is 7.51. The normalized spacial score (nSPS) is 17.2. The fourth-order valence-corrected chi connectivity index (χ4v) is 3.51. The Morgan fingerprint density at radius 1 is 1.17 bits per heavy atom. The van der Waals surface area contributed by atoms with Crippen molar-refractivity contribution >= 4 is 17.5 Å². The summed E-state index contributed by atoms with van der Waals surface area (Å²) in [5.41, 5.74) is 0.321. The second-order valence-electron chi connectivity index (χ2n) is 6.84. The van der Waals surface area contributed by atoms with Gasteiger partial charge in [0.15, 0.2) is 0 Å². The molecule has 1 aromatic heterocycles. The van der Waals surface area contributed by atoms with Crippen molar-refractivity contribution in [2.24, 2.45) is 0 Å². The maximum atomic E-state index is 12.9. The minimum Gasteiger partial charge on any atom is -0.339 e. The second-order valence-corrected chi connectivity index (χ2v) is 7.28. The summed E-state index contributed by atoms with van der Waals surface area (Å²) in [6.07, 6.45) is -4.26. The molecule has 29 heavy (non-hydrogen) atoms. The van der Waals surface area contributed by atoms with Crippen molar-refractivity contribution in [1.82, 2.24) is 15.0 Å². The molecule has 1 amide bonds. The number of hydrogen-bond donors (Lipinski definition) is 0. The first-order valence-corrected chi connectivity index (χ1v) is 9.21. The van der Waals surface area contributed by atoms with Crippen molar-refractivity contribution < 1.29 is 22.5 Å². The Labute approximate surface area is 169 Å². The van der Waals surface area contributed by atoms with Gasteiger partial charge in [-0.3, -0.25) is 4.79 Å². The van der Waals surface area contributed by atoms with Gasteiger partial charge in [0.25, 0.3) is 0 Å². The van der Waals surface area contributed by atoms with E-state index in [0.717, 1.165) is 17.7 Å². The number of nitrogens with zero attached hydrogens (tertiary/aromatic N) is 3. The van der Waals surface area contributed by atoms with E-state index in [9.17, 15) is 18.0 Å². The van der Waals surface area contributed by atoms with Gasteiger partial charge in [0.05, 0.1) is 11.5 Å². The van der Waals surface area contributed by atoms with Gasteiger partial charge in [-0.1, -0.05) is 41.0 Å². The molecule has 0 saturated carbocycles. The van der Waals surface area contributed by atoms with Crippen LogP contribution in [0.5, 0.6) is 0 Å². The number of aromatic nitrogens is 2. The zero-order chi connectivity index (χ0) is 20.6. The zero-order valence-electron chi connectivity index (χ0n) is 15.0. The zero-order valence-corrected chi connectivity index (χ0v) is 15.7. The monoisotopic (exact) mass is 421 g/mol. The molecule has 150 valence electrons. The van der Waals surface area contributed by atoms with E-state index < -0.39 is 11.7 Å². The average Bonchev–Trinajstić information content (AvgIpc) is 3.29. The van der Waals surface area contributed by atoms with Gasteiger partial charge in [0.2, 0.25) is 17.6 Å². The van der Waals surface area contributed by atoms with E-state index in [-0.39, 0.29) is 35.5 Å². The summed E-state index contributed by atoms with van der Waals surface area (Å²) in [7, 11) is 0. The van der Waals surface area contributed by atoms with Crippen LogP contribution in [0.25, 0.3) is 11.4 Å². The largest absolute Gasteiger partial charge is 0.416 e. The first-order valence-electron chi connectivity index (χ1n) is 8.83. The summed E-state index contributed by atoms with van der Waals surface area (Å²) < 4.78 is 44.0. The van der Waals surface area contributed by atoms with Crippen LogP contribution < -0.4 is 0 Å². The Bertz CT molecular complexity index is 1050. The summed E-state index contributed by atoms with van der Waals surface area (Å²) in [5.74, 6) is -0.0753. The maximum Gasteiger partial charge on any atom is 0.416 e. The van der Waals surface area contributed by atoms with Crippen molar-refractivity contribution in [3.63, 3.8) is 0 Å². The minimum atomic E-state index is -4.46. The highest BCUT2D eigenvalue weighted by Crippen LogP contribution is 2.33. The summed E-state index contributed by atoms with van der Waals surface area (Å²) in [6.45, 7) is 0.792. The molecule has 4 rings (SSSR count). The highest BCUT2D eigenvalue weighted by Gasteiger charge is 2.35. The molecule has 0 spiro atoms. The lowest BCUT2D eigenvalue weighted by molar-refractivity contribution is -0.137. The molecular weight excluding hydrogens is 407 g/mol. The Kier molecular flexibility index (Phi) is 5.04. The van der Waals surface area contributed by atoms with Crippen molar-refractivity contribution in [1.29, 1.82) is 0 Å². The molecule has 1 atom stereocenters. The highest BCUT2D eigenvalue weighted by molar-refractivity contribution is 6.30. The number of likely N-dealkylation sites (tertiary alicyclic amines) is 1. The quantitative estimate of drug-likeness (QED) is 0.599. The lowest BCUT2D eigenvalue weighted by Crippen LogP contribution is -2.24. The third-order valence-corrected chi connectivity index (χ3v) is 4.95. The number of alkyl halides is 3. The lowest BCUT2D eigenvalue weighted by Gasteiger charge is -2.16. The highest BCUT2D eigenvalue weighted by atomic mass is 35.5. The summed E-state index contributed by atoms with van der Waals surface area (Å²) in [4.78, 5) is 18.3. The Balaban J connectivity index is 1.50. The number of benzene rings is 2. The van der Waals surface area contributed by atoms with Gasteiger partial charge in [0, 0.05) is 30.1 Å². The molecule has 1 saturated heterocycles. The predicted molar refractivity (Wildman–Crippen MR) is 99.0 cm³/mol. The number of halogens is 4. The first-order chi connectivity index (χ1) is 13.8. The molecule has 5 nitrogen and oxygen atoms in total. The predicted octanol–water partition coefficient (Wildman–Crippen LogP) is 4.92. The SMILES string of the molecule is O=C1CC(c2nc(-c3cccc(C(F)(F)F)c3)no2)CN1Cc1cccc(Cl)c1. The van der Waals surface area contributed by atoms with Crippen molar-refractivity contribution in [3.05, 3.63) is 70.6 Å². The molecule has 2 aromatic carbocycles. The van der Waals surface area contributed by atoms with Crippen LogP contribution in [0.15, 0.2) is 53.1 Å². The molecule has 9 heteroatoms. The fourth-order valence-electron chi connectivity index (χ4n) is 3.30. The molecule has 1 fully saturated rings. The topological polar surface area (TPSA) is 59.2 Å². The smallest absolute Gasteiger partial charge is 0.339 e. The van der Waals surface area contributed by atoms with Gasteiger partial charge in [-0.15, -0.1) is 0 Å². The first kappa shape index (κ1) is 19.4. The van der Waals surface area contributed by atoms with Crippen LogP contribution in [0.4, 0.5) is 13.2 Å². The van der Waals surface area contributed by atoms with Crippen LogP contribution in [0.1, 0.15) is 29.4 Å². The molecule has 3 aromatic rings. The van der Waals surface area contributed by atoms with Crippen LogP contribution in [0, 0.1) is 0 Å². The maximum absolute atomic E-state index is 12.9. The number of rotatable bonds is 4. The third-order valence-electron chi connectivity index (χ3n) is 4.72. The van der Waals surface area contributed by atoms with Gasteiger partial charge in [-0.05, 0) is 29.8 Å². The lowest BCUT2D eigenvalue weighted by atomic mass is 10.1. The van der Waals surface area contributed by atoms with Crippen LogP contribution in [-0.4, -0.2) is 27.5 Å². The molecular formula is C20H15ClF3N3O2. The summed E-state index contributed by atoms with van der Waals surface area (Å²) in [5, 5.41) is 4.39. The molecule has 0 radical (unpaired) electrons. The van der Waals surface area contributed by atoms with E-state index >= 15 is 0 Å². The van der Waals surface area contributed by atoms with Crippen LogP contribution in [0.3, 0.4) is 0 Å². The summed E-state index contributed by atoms with van der Waals surface area (Å²) >= 11 is 5.98. The molecule has 1 aliphatic heterocycles. The number of carbonyl (C=O) groups excluding carboxylic acids is 1. The number of amides is 1. The Morgan fingerprint density at radius 3 is 2.72 bits per heavy atom. The Hall–Kier alpha value is -2.87. The van der Waals surface area contributed by atoms with E-state index in [4.69, 9.17) is 16.1 Å².